The number of rotatable bonds is 6. The third-order valence-electron chi connectivity index (χ3n) is 3.39. The van der Waals surface area contributed by atoms with Gasteiger partial charge in [0.2, 0.25) is 0 Å². The number of hydrogen-bond acceptors (Lipinski definition) is 6. The summed E-state index contributed by atoms with van der Waals surface area (Å²) >= 11 is 0. The van der Waals surface area contributed by atoms with Crippen LogP contribution in [0.4, 0.5) is 0 Å². The molecule has 0 aromatic carbocycles. The van der Waals surface area contributed by atoms with Crippen molar-refractivity contribution < 1.29 is 34.8 Å². The van der Waals surface area contributed by atoms with Crippen molar-refractivity contribution in [2.24, 2.45) is 0 Å². The number of aliphatic hydroxyl groups excluding tert-OH is 2. The fraction of sp³-hybridized carbons (Fsp3) is 0.846. The monoisotopic (exact) mass is 305 g/mol. The van der Waals surface area contributed by atoms with Crippen LogP contribution >= 0.6 is 0 Å². The van der Waals surface area contributed by atoms with Crippen LogP contribution in [0.15, 0.2) is 0 Å². The molecule has 1 fully saturated rings. The first-order chi connectivity index (χ1) is 9.76. The first-order valence-electron chi connectivity index (χ1n) is 7.05. The summed E-state index contributed by atoms with van der Waals surface area (Å²) < 4.78 is 4.91. The van der Waals surface area contributed by atoms with Crippen LogP contribution in [-0.4, -0.2) is 74.4 Å². The van der Waals surface area contributed by atoms with Crippen molar-refractivity contribution in [1.82, 2.24) is 4.90 Å². The minimum Gasteiger partial charge on any atom is -0.477 e. The lowest BCUT2D eigenvalue weighted by atomic mass is 9.94. The summed E-state index contributed by atoms with van der Waals surface area (Å²) in [5, 5.41) is 38.4. The summed E-state index contributed by atoms with van der Waals surface area (Å²) in [6.07, 6.45) is -4.07. The Bertz CT molecular complexity index is 383. The summed E-state index contributed by atoms with van der Waals surface area (Å²) in [6.45, 7) is 4.58. The topological polar surface area (TPSA) is 128 Å². The van der Waals surface area contributed by atoms with Crippen molar-refractivity contribution in [3.8, 4) is 0 Å². The second-order valence-electron chi connectivity index (χ2n) is 5.22. The summed E-state index contributed by atoms with van der Waals surface area (Å²) in [7, 11) is 0. The molecule has 1 aliphatic heterocycles. The average Bonchev–Trinajstić information content (AvgIpc) is 2.41. The number of hydrogen-bond donors (Lipinski definition) is 4. The number of carboxylic acid groups (broad SMARTS) is 1. The van der Waals surface area contributed by atoms with E-state index in [-0.39, 0.29) is 0 Å². The zero-order chi connectivity index (χ0) is 16.2. The predicted molar refractivity (Wildman–Crippen MR) is 71.3 cm³/mol. The molecule has 0 aromatic heterocycles. The number of carboxylic acids is 1. The van der Waals surface area contributed by atoms with Gasteiger partial charge in [0, 0.05) is 19.5 Å². The van der Waals surface area contributed by atoms with Crippen molar-refractivity contribution in [2.75, 3.05) is 13.1 Å². The number of ether oxygens (including phenoxy) is 1. The largest absolute Gasteiger partial charge is 0.477 e. The molecule has 21 heavy (non-hydrogen) atoms. The van der Waals surface area contributed by atoms with E-state index in [0.29, 0.717) is 25.9 Å². The Balaban J connectivity index is 2.96. The molecular weight excluding hydrogens is 282 g/mol. The highest BCUT2D eigenvalue weighted by atomic mass is 16.7. The molecule has 4 N–H and O–H groups in total. The number of aliphatic hydroxyl groups is 3. The third kappa shape index (κ3) is 3.91. The molecular formula is C13H23NO7. The van der Waals surface area contributed by atoms with E-state index in [1.807, 2.05) is 13.8 Å². The highest BCUT2D eigenvalue weighted by Gasteiger charge is 2.53. The molecule has 8 heteroatoms. The van der Waals surface area contributed by atoms with E-state index in [4.69, 9.17) is 9.84 Å². The second kappa shape index (κ2) is 7.17. The van der Waals surface area contributed by atoms with Crippen LogP contribution in [0.5, 0.6) is 0 Å². The van der Waals surface area contributed by atoms with E-state index in [9.17, 15) is 24.9 Å². The Morgan fingerprint density at radius 1 is 1.24 bits per heavy atom. The van der Waals surface area contributed by atoms with Crippen molar-refractivity contribution in [2.45, 2.75) is 57.2 Å². The summed E-state index contributed by atoms with van der Waals surface area (Å²) in [5.74, 6) is -5.02. The van der Waals surface area contributed by atoms with Crippen molar-refractivity contribution in [3.63, 3.8) is 0 Å². The third-order valence-corrected chi connectivity index (χ3v) is 3.39. The lowest BCUT2D eigenvalue weighted by Crippen LogP contribution is -2.62. The number of carbonyl (C=O) groups excluding carboxylic acids is 1. The normalized spacial score (nSPS) is 32.7. The van der Waals surface area contributed by atoms with Crippen molar-refractivity contribution >= 4 is 11.9 Å². The van der Waals surface area contributed by atoms with Crippen LogP contribution in [0.2, 0.25) is 0 Å². The van der Waals surface area contributed by atoms with Gasteiger partial charge in [-0.15, -0.1) is 0 Å². The second-order valence-corrected chi connectivity index (χ2v) is 5.22. The molecule has 4 unspecified atom stereocenters. The standard InChI is InChI=1S/C13H23NO7/c1-3-5-14(6-4-2)11(17)10-9(16)8(15)7-13(20,21-10)12(18)19/h8-10,15-16,20H,3-7H2,1-2H3,(H,18,19). The zero-order valence-corrected chi connectivity index (χ0v) is 12.2. The van der Waals surface area contributed by atoms with E-state index < -0.39 is 42.4 Å². The van der Waals surface area contributed by atoms with Gasteiger partial charge in [0.05, 0.1) is 6.10 Å². The maximum Gasteiger partial charge on any atom is 0.364 e. The molecule has 0 aliphatic carbocycles. The van der Waals surface area contributed by atoms with Gasteiger partial charge in [0.15, 0.2) is 6.10 Å². The average molecular weight is 305 g/mol. The van der Waals surface area contributed by atoms with Gasteiger partial charge >= 0.3 is 5.97 Å². The first-order valence-corrected chi connectivity index (χ1v) is 7.05. The maximum atomic E-state index is 12.4. The van der Waals surface area contributed by atoms with Gasteiger partial charge in [-0.1, -0.05) is 13.8 Å². The fourth-order valence-electron chi connectivity index (χ4n) is 2.32. The van der Waals surface area contributed by atoms with E-state index in [1.165, 1.54) is 4.90 Å². The van der Waals surface area contributed by atoms with E-state index in [2.05, 4.69) is 0 Å². The summed E-state index contributed by atoms with van der Waals surface area (Å²) in [5.41, 5.74) is 0. The van der Waals surface area contributed by atoms with Gasteiger partial charge < -0.3 is 30.1 Å². The van der Waals surface area contributed by atoms with Gasteiger partial charge in [-0.3, -0.25) is 4.79 Å². The number of aliphatic carboxylic acids is 1. The minimum atomic E-state index is -2.68. The van der Waals surface area contributed by atoms with Crippen LogP contribution < -0.4 is 0 Å². The smallest absolute Gasteiger partial charge is 0.364 e. The van der Waals surface area contributed by atoms with Gasteiger partial charge in [-0.2, -0.15) is 0 Å². The molecule has 0 aromatic rings. The maximum absolute atomic E-state index is 12.4. The fourth-order valence-corrected chi connectivity index (χ4v) is 2.32. The summed E-state index contributed by atoms with van der Waals surface area (Å²) in [4.78, 5) is 24.8. The molecule has 1 amide bonds. The highest BCUT2D eigenvalue weighted by molar-refractivity contribution is 5.83. The van der Waals surface area contributed by atoms with E-state index >= 15 is 0 Å². The Morgan fingerprint density at radius 2 is 1.76 bits per heavy atom. The molecule has 1 aliphatic rings. The van der Waals surface area contributed by atoms with Crippen molar-refractivity contribution in [1.29, 1.82) is 0 Å². The molecule has 8 nitrogen and oxygen atoms in total. The number of carbonyl (C=O) groups is 2. The van der Waals surface area contributed by atoms with Crippen LogP contribution in [0.3, 0.4) is 0 Å². The van der Waals surface area contributed by atoms with Crippen LogP contribution in [0.1, 0.15) is 33.1 Å². The Morgan fingerprint density at radius 3 is 2.19 bits per heavy atom. The first kappa shape index (κ1) is 17.8. The molecule has 0 spiro atoms. The highest BCUT2D eigenvalue weighted by Crippen LogP contribution is 2.29. The summed E-state index contributed by atoms with van der Waals surface area (Å²) in [6, 6.07) is 0. The zero-order valence-electron chi connectivity index (χ0n) is 12.2. The van der Waals surface area contributed by atoms with Crippen LogP contribution in [-0.2, 0) is 14.3 Å². The SMILES string of the molecule is CCCN(CCC)C(=O)C1OC(O)(C(=O)O)CC(O)C1O. The lowest BCUT2D eigenvalue weighted by molar-refractivity contribution is -0.289. The van der Waals surface area contributed by atoms with Gasteiger partial charge in [0.25, 0.3) is 11.7 Å². The van der Waals surface area contributed by atoms with Gasteiger partial charge in [0.1, 0.15) is 6.10 Å². The molecule has 1 saturated heterocycles. The predicted octanol–water partition coefficient (Wildman–Crippen LogP) is -1.08. The number of amides is 1. The van der Waals surface area contributed by atoms with Crippen LogP contribution in [0, 0.1) is 0 Å². The molecule has 1 rings (SSSR count). The van der Waals surface area contributed by atoms with Gasteiger partial charge in [-0.25, -0.2) is 4.79 Å². The van der Waals surface area contributed by atoms with Crippen molar-refractivity contribution in [3.05, 3.63) is 0 Å². The minimum absolute atomic E-state index is 0.418. The Kier molecular flexibility index (Phi) is 6.09. The molecule has 0 radical (unpaired) electrons. The quantitative estimate of drug-likeness (QED) is 0.491. The molecule has 0 bridgehead atoms. The molecule has 122 valence electrons. The molecule has 0 saturated carbocycles. The van der Waals surface area contributed by atoms with E-state index in [0.717, 1.165) is 0 Å². The number of nitrogens with zero attached hydrogens (tertiary/aromatic N) is 1. The Hall–Kier alpha value is -1.22. The lowest BCUT2D eigenvalue weighted by Gasteiger charge is -2.40. The molecule has 1 heterocycles. The Labute approximate surface area is 122 Å². The molecule has 4 atom stereocenters. The van der Waals surface area contributed by atoms with Gasteiger partial charge in [-0.05, 0) is 12.8 Å². The van der Waals surface area contributed by atoms with E-state index in [1.54, 1.807) is 0 Å². The van der Waals surface area contributed by atoms with Crippen LogP contribution in [0.25, 0.3) is 0 Å².